The summed E-state index contributed by atoms with van der Waals surface area (Å²) in [6, 6.07) is 13.7. The number of hydrogen-bond donors (Lipinski definition) is 0. The van der Waals surface area contributed by atoms with Gasteiger partial charge in [0.1, 0.15) is 23.8 Å². The molecule has 0 amide bonds. The molecule has 3 aromatic rings. The molecular formula is C33H41F3N2O3. The maximum Gasteiger partial charge on any atom is 0.348 e. The molecule has 0 radical (unpaired) electrons. The second-order valence-electron chi connectivity index (χ2n) is 10.6. The van der Waals surface area contributed by atoms with Crippen LogP contribution in [0.4, 0.5) is 13.2 Å². The molecule has 1 aromatic heterocycles. The lowest BCUT2D eigenvalue weighted by Gasteiger charge is -2.24. The van der Waals surface area contributed by atoms with E-state index in [0.717, 1.165) is 37.7 Å². The molecule has 4 atom stereocenters. The second kappa shape index (κ2) is 15.5. The van der Waals surface area contributed by atoms with Gasteiger partial charge < -0.3 is 9.47 Å². The van der Waals surface area contributed by atoms with Crippen molar-refractivity contribution in [1.29, 1.82) is 0 Å². The van der Waals surface area contributed by atoms with Gasteiger partial charge in [0, 0.05) is 18.0 Å². The number of ether oxygens (including phenoxy) is 2. The van der Waals surface area contributed by atoms with Crippen LogP contribution in [0, 0.1) is 0 Å². The van der Waals surface area contributed by atoms with Crippen LogP contribution < -0.4 is 9.47 Å². The lowest BCUT2D eigenvalue weighted by atomic mass is 10.00. The molecule has 4 unspecified atom stereocenters. The first-order valence-electron chi connectivity index (χ1n) is 14.5. The molecule has 222 valence electrons. The van der Waals surface area contributed by atoms with Gasteiger partial charge >= 0.3 is 5.97 Å². The quantitative estimate of drug-likeness (QED) is 0.0977. The monoisotopic (exact) mass is 570 g/mol. The Kier molecular flexibility index (Phi) is 12.2. The van der Waals surface area contributed by atoms with E-state index < -0.39 is 30.1 Å². The maximum absolute atomic E-state index is 14.8. The molecule has 8 heteroatoms. The Morgan fingerprint density at radius 3 is 2.20 bits per heavy atom. The highest BCUT2D eigenvalue weighted by molar-refractivity contribution is 5.81. The third-order valence-electron chi connectivity index (χ3n) is 7.02. The zero-order valence-corrected chi connectivity index (χ0v) is 24.4. The molecule has 0 saturated carbocycles. The van der Waals surface area contributed by atoms with Crippen LogP contribution in [0.3, 0.4) is 0 Å². The smallest absolute Gasteiger partial charge is 0.348 e. The fourth-order valence-corrected chi connectivity index (χ4v) is 4.43. The summed E-state index contributed by atoms with van der Waals surface area (Å²) in [5.41, 5.74) is 0.0272. The Hall–Kier alpha value is -3.42. The average molecular weight is 571 g/mol. The molecule has 2 aromatic carbocycles. The van der Waals surface area contributed by atoms with E-state index in [1.807, 2.05) is 6.92 Å². The van der Waals surface area contributed by atoms with E-state index >= 15 is 0 Å². The number of alkyl halides is 3. The van der Waals surface area contributed by atoms with E-state index in [1.165, 1.54) is 13.8 Å². The highest BCUT2D eigenvalue weighted by Crippen LogP contribution is 2.32. The van der Waals surface area contributed by atoms with Gasteiger partial charge in [-0.25, -0.2) is 27.9 Å². The minimum atomic E-state index is -2.04. The number of aromatic nitrogens is 2. The number of carbonyl (C=O) groups excluding carboxylic acids is 1. The van der Waals surface area contributed by atoms with E-state index in [2.05, 4.69) is 16.9 Å². The van der Waals surface area contributed by atoms with E-state index in [-0.39, 0.29) is 12.2 Å². The molecule has 0 N–H and O–H groups in total. The summed E-state index contributed by atoms with van der Waals surface area (Å²) in [5.74, 6) is 0.133. The first-order chi connectivity index (χ1) is 19.7. The molecular weight excluding hydrogens is 529 g/mol. The Bertz CT molecular complexity index is 1220. The molecule has 1 heterocycles. The average Bonchev–Trinajstić information content (AvgIpc) is 2.97. The maximum atomic E-state index is 14.8. The van der Waals surface area contributed by atoms with Gasteiger partial charge in [-0.2, -0.15) is 0 Å². The first kappa shape index (κ1) is 32.1. The molecule has 0 aliphatic heterocycles. The fraction of sp³-hybridized carbons (Fsp3) is 0.485. The van der Waals surface area contributed by atoms with Crippen LogP contribution in [0.15, 0.2) is 60.9 Å². The summed E-state index contributed by atoms with van der Waals surface area (Å²) in [7, 11) is 0. The molecule has 5 nitrogen and oxygen atoms in total. The Morgan fingerprint density at radius 2 is 1.56 bits per heavy atom. The van der Waals surface area contributed by atoms with Crippen LogP contribution in [0.25, 0.3) is 22.5 Å². The number of benzene rings is 2. The van der Waals surface area contributed by atoms with Crippen LogP contribution in [0.2, 0.25) is 0 Å². The van der Waals surface area contributed by atoms with Crippen molar-refractivity contribution in [2.45, 2.75) is 103 Å². The summed E-state index contributed by atoms with van der Waals surface area (Å²) in [4.78, 5) is 21.3. The molecule has 0 aliphatic rings. The number of rotatable bonds is 16. The van der Waals surface area contributed by atoms with Crippen LogP contribution >= 0.6 is 0 Å². The number of esters is 1. The standard InChI is InChI=1S/C33H41F3N2O3/c1-5-7-9-12-20-33(4,36)32(39)40-26-18-16-24(17-19-26)25-21-37-31(38-22-25)27-13-10-11-15-28(27)41-29(14-8-6-2)30(35)23(3)34/h10-11,13,15-19,21-23,29-30H,5-9,12,14,20H2,1-4H3. The molecule has 3 rings (SSSR count). The molecule has 0 bridgehead atoms. The lowest BCUT2D eigenvalue weighted by Crippen LogP contribution is -2.34. The van der Waals surface area contributed by atoms with Crippen molar-refractivity contribution in [2.75, 3.05) is 0 Å². The van der Waals surface area contributed by atoms with E-state index in [4.69, 9.17) is 9.47 Å². The third-order valence-corrected chi connectivity index (χ3v) is 7.02. The summed E-state index contributed by atoms with van der Waals surface area (Å²) in [6.45, 7) is 6.53. The SMILES string of the molecule is CCCCCCC(C)(F)C(=O)Oc1ccc(-c2cnc(-c3ccccc3OC(CCCC)C(F)C(C)F)nc2)cc1. The number of para-hydroxylation sites is 1. The number of hydrogen-bond acceptors (Lipinski definition) is 5. The molecule has 41 heavy (non-hydrogen) atoms. The Balaban J connectivity index is 1.70. The lowest BCUT2D eigenvalue weighted by molar-refractivity contribution is -0.147. The predicted molar refractivity (Wildman–Crippen MR) is 156 cm³/mol. The first-order valence-corrected chi connectivity index (χ1v) is 14.5. The van der Waals surface area contributed by atoms with Crippen LogP contribution in [0.1, 0.15) is 79.1 Å². The van der Waals surface area contributed by atoms with Crippen molar-refractivity contribution in [3.8, 4) is 34.0 Å². The number of nitrogens with zero attached hydrogens (tertiary/aromatic N) is 2. The summed E-state index contributed by atoms with van der Waals surface area (Å²) in [6.07, 6.45) is 4.63. The van der Waals surface area contributed by atoms with Gasteiger partial charge in [-0.3, -0.25) is 0 Å². The van der Waals surface area contributed by atoms with E-state index in [9.17, 15) is 18.0 Å². The van der Waals surface area contributed by atoms with Crippen LogP contribution in [0.5, 0.6) is 11.5 Å². The van der Waals surface area contributed by atoms with Crippen molar-refractivity contribution in [3.05, 3.63) is 60.9 Å². The number of carbonyl (C=O) groups is 1. The normalized spacial score (nSPS) is 15.0. The predicted octanol–water partition coefficient (Wildman–Crippen LogP) is 9.05. The largest absolute Gasteiger partial charge is 0.487 e. The molecule has 0 spiro atoms. The van der Waals surface area contributed by atoms with Crippen LogP contribution in [-0.4, -0.2) is 40.1 Å². The summed E-state index contributed by atoms with van der Waals surface area (Å²) in [5, 5.41) is 0. The van der Waals surface area contributed by atoms with Gasteiger partial charge in [0.05, 0.1) is 5.56 Å². The van der Waals surface area contributed by atoms with Gasteiger partial charge in [-0.1, -0.05) is 63.8 Å². The minimum absolute atomic E-state index is 0.129. The van der Waals surface area contributed by atoms with Gasteiger partial charge in [0.15, 0.2) is 12.0 Å². The second-order valence-corrected chi connectivity index (χ2v) is 10.6. The Labute approximate surface area is 241 Å². The summed E-state index contributed by atoms with van der Waals surface area (Å²) < 4.78 is 54.5. The zero-order valence-electron chi connectivity index (χ0n) is 24.4. The third kappa shape index (κ3) is 9.30. The zero-order chi connectivity index (χ0) is 29.8. The van der Waals surface area contributed by atoms with Gasteiger partial charge in [-0.05, 0) is 69.4 Å². The fourth-order valence-electron chi connectivity index (χ4n) is 4.43. The highest BCUT2D eigenvalue weighted by Gasteiger charge is 2.34. The van der Waals surface area contributed by atoms with Crippen molar-refractivity contribution in [2.24, 2.45) is 0 Å². The summed E-state index contributed by atoms with van der Waals surface area (Å²) >= 11 is 0. The number of unbranched alkanes of at least 4 members (excludes halogenated alkanes) is 4. The molecule has 0 fully saturated rings. The minimum Gasteiger partial charge on any atom is -0.487 e. The van der Waals surface area contributed by atoms with Crippen molar-refractivity contribution in [1.82, 2.24) is 9.97 Å². The van der Waals surface area contributed by atoms with Crippen molar-refractivity contribution in [3.63, 3.8) is 0 Å². The van der Waals surface area contributed by atoms with Gasteiger partial charge in [0.2, 0.25) is 5.67 Å². The van der Waals surface area contributed by atoms with Crippen molar-refractivity contribution < 1.29 is 27.4 Å². The van der Waals surface area contributed by atoms with Gasteiger partial charge in [0.25, 0.3) is 0 Å². The number of halogens is 3. The van der Waals surface area contributed by atoms with Crippen molar-refractivity contribution >= 4 is 5.97 Å². The van der Waals surface area contributed by atoms with Gasteiger partial charge in [-0.15, -0.1) is 0 Å². The Morgan fingerprint density at radius 1 is 0.902 bits per heavy atom. The molecule has 0 aliphatic carbocycles. The van der Waals surface area contributed by atoms with E-state index in [0.29, 0.717) is 35.5 Å². The topological polar surface area (TPSA) is 61.3 Å². The highest BCUT2D eigenvalue weighted by atomic mass is 19.2. The van der Waals surface area contributed by atoms with Crippen LogP contribution in [-0.2, 0) is 4.79 Å². The molecule has 0 saturated heterocycles. The van der Waals surface area contributed by atoms with E-state index in [1.54, 1.807) is 60.9 Å².